The van der Waals surface area contributed by atoms with Crippen molar-refractivity contribution in [3.05, 3.63) is 48.0 Å². The van der Waals surface area contributed by atoms with E-state index in [1.807, 2.05) is 6.07 Å². The second kappa shape index (κ2) is 4.93. The average molecular weight is 232 g/mol. The summed E-state index contributed by atoms with van der Waals surface area (Å²) >= 11 is 0. The SMILES string of the molecule is COc1cccc(-c2cncc(CN)c2)c1F. The molecule has 2 N–H and O–H groups in total. The van der Waals surface area contributed by atoms with Crippen molar-refractivity contribution in [1.29, 1.82) is 0 Å². The van der Waals surface area contributed by atoms with Crippen molar-refractivity contribution in [3.63, 3.8) is 0 Å². The van der Waals surface area contributed by atoms with Gasteiger partial charge in [0.15, 0.2) is 11.6 Å². The van der Waals surface area contributed by atoms with E-state index in [0.717, 1.165) is 5.56 Å². The first-order chi connectivity index (χ1) is 8.26. The summed E-state index contributed by atoms with van der Waals surface area (Å²) in [5, 5.41) is 0. The Kier molecular flexibility index (Phi) is 3.35. The molecule has 0 unspecified atom stereocenters. The number of aromatic nitrogens is 1. The number of hydrogen-bond donors (Lipinski definition) is 1. The average Bonchev–Trinajstić information content (AvgIpc) is 2.39. The molecule has 1 heterocycles. The first kappa shape index (κ1) is 11.5. The van der Waals surface area contributed by atoms with Crippen LogP contribution in [0.3, 0.4) is 0 Å². The van der Waals surface area contributed by atoms with Crippen LogP contribution in [0.25, 0.3) is 11.1 Å². The van der Waals surface area contributed by atoms with Crippen molar-refractivity contribution >= 4 is 0 Å². The van der Waals surface area contributed by atoms with E-state index < -0.39 is 0 Å². The molecule has 0 fully saturated rings. The molecule has 0 saturated heterocycles. The minimum Gasteiger partial charge on any atom is -0.494 e. The quantitative estimate of drug-likeness (QED) is 0.883. The van der Waals surface area contributed by atoms with Crippen LogP contribution in [-0.4, -0.2) is 12.1 Å². The van der Waals surface area contributed by atoms with Gasteiger partial charge >= 0.3 is 0 Å². The van der Waals surface area contributed by atoms with Crippen LogP contribution in [0.2, 0.25) is 0 Å². The van der Waals surface area contributed by atoms with E-state index in [0.29, 0.717) is 17.7 Å². The summed E-state index contributed by atoms with van der Waals surface area (Å²) < 4.78 is 19.0. The van der Waals surface area contributed by atoms with Gasteiger partial charge in [0.2, 0.25) is 0 Å². The largest absolute Gasteiger partial charge is 0.494 e. The van der Waals surface area contributed by atoms with Gasteiger partial charge in [-0.3, -0.25) is 4.98 Å². The maximum absolute atomic E-state index is 14.0. The monoisotopic (exact) mass is 232 g/mol. The lowest BCUT2D eigenvalue weighted by Gasteiger charge is -2.08. The fourth-order valence-electron chi connectivity index (χ4n) is 1.64. The molecule has 0 saturated carbocycles. The van der Waals surface area contributed by atoms with Crippen molar-refractivity contribution in [1.82, 2.24) is 4.98 Å². The van der Waals surface area contributed by atoms with Crippen LogP contribution >= 0.6 is 0 Å². The van der Waals surface area contributed by atoms with Crippen LogP contribution in [-0.2, 0) is 6.54 Å². The van der Waals surface area contributed by atoms with Gasteiger partial charge in [-0.15, -0.1) is 0 Å². The first-order valence-corrected chi connectivity index (χ1v) is 5.23. The van der Waals surface area contributed by atoms with Crippen molar-refractivity contribution in [2.45, 2.75) is 6.54 Å². The number of methoxy groups -OCH3 is 1. The van der Waals surface area contributed by atoms with Gasteiger partial charge in [-0.05, 0) is 17.7 Å². The third kappa shape index (κ3) is 2.26. The third-order valence-corrected chi connectivity index (χ3v) is 2.52. The van der Waals surface area contributed by atoms with Crippen molar-refractivity contribution in [3.8, 4) is 16.9 Å². The van der Waals surface area contributed by atoms with Gasteiger partial charge < -0.3 is 10.5 Å². The zero-order valence-electron chi connectivity index (χ0n) is 9.48. The van der Waals surface area contributed by atoms with Crippen molar-refractivity contribution in [2.24, 2.45) is 5.73 Å². The van der Waals surface area contributed by atoms with E-state index in [9.17, 15) is 4.39 Å². The molecule has 4 heteroatoms. The predicted molar refractivity (Wildman–Crippen MR) is 64.1 cm³/mol. The van der Waals surface area contributed by atoms with Crippen LogP contribution in [0.5, 0.6) is 5.75 Å². The fourth-order valence-corrected chi connectivity index (χ4v) is 1.64. The smallest absolute Gasteiger partial charge is 0.172 e. The molecule has 0 aliphatic rings. The molecule has 17 heavy (non-hydrogen) atoms. The molecule has 88 valence electrons. The van der Waals surface area contributed by atoms with Crippen LogP contribution in [0.4, 0.5) is 4.39 Å². The highest BCUT2D eigenvalue weighted by Crippen LogP contribution is 2.28. The summed E-state index contributed by atoms with van der Waals surface area (Å²) in [5.74, 6) is -0.161. The molecule has 0 radical (unpaired) electrons. The summed E-state index contributed by atoms with van der Waals surface area (Å²) in [7, 11) is 1.44. The summed E-state index contributed by atoms with van der Waals surface area (Å²) in [6.45, 7) is 0.381. The Morgan fingerprint density at radius 3 is 2.88 bits per heavy atom. The standard InChI is InChI=1S/C13H13FN2O/c1-17-12-4-2-3-11(13(12)14)10-5-9(6-15)7-16-8-10/h2-5,7-8H,6,15H2,1H3. The molecule has 0 amide bonds. The second-order valence-electron chi connectivity index (χ2n) is 3.61. The minimum atomic E-state index is -0.383. The number of hydrogen-bond acceptors (Lipinski definition) is 3. The molecule has 0 aliphatic carbocycles. The highest BCUT2D eigenvalue weighted by Gasteiger charge is 2.10. The number of rotatable bonds is 3. The zero-order chi connectivity index (χ0) is 12.3. The summed E-state index contributed by atoms with van der Waals surface area (Å²) in [5.41, 5.74) is 7.56. The maximum atomic E-state index is 14.0. The molecule has 2 aromatic rings. The Bertz CT molecular complexity index is 529. The lowest BCUT2D eigenvalue weighted by molar-refractivity contribution is 0.387. The Labute approximate surface area is 99.1 Å². The number of pyridine rings is 1. The molecular formula is C13H13FN2O. The topological polar surface area (TPSA) is 48.1 Å². The lowest BCUT2D eigenvalue weighted by Crippen LogP contribution is -1.98. The van der Waals surface area contributed by atoms with Crippen molar-refractivity contribution < 1.29 is 9.13 Å². The summed E-state index contributed by atoms with van der Waals surface area (Å²) in [6, 6.07) is 6.84. The summed E-state index contributed by atoms with van der Waals surface area (Å²) in [4.78, 5) is 4.04. The molecule has 2 rings (SSSR count). The van der Waals surface area contributed by atoms with Gasteiger partial charge in [0, 0.05) is 30.1 Å². The molecule has 0 aliphatic heterocycles. The first-order valence-electron chi connectivity index (χ1n) is 5.23. The van der Waals surface area contributed by atoms with E-state index in [2.05, 4.69) is 4.98 Å². The minimum absolute atomic E-state index is 0.223. The van der Waals surface area contributed by atoms with E-state index in [1.165, 1.54) is 7.11 Å². The Hall–Kier alpha value is -1.94. The van der Waals surface area contributed by atoms with Gasteiger partial charge in [-0.2, -0.15) is 0 Å². The van der Waals surface area contributed by atoms with Crippen molar-refractivity contribution in [2.75, 3.05) is 7.11 Å². The number of nitrogens with zero attached hydrogens (tertiary/aromatic N) is 1. The molecule has 3 nitrogen and oxygen atoms in total. The number of halogens is 1. The van der Waals surface area contributed by atoms with Gasteiger partial charge in [0.25, 0.3) is 0 Å². The zero-order valence-corrected chi connectivity index (χ0v) is 9.48. The lowest BCUT2D eigenvalue weighted by atomic mass is 10.1. The van der Waals surface area contributed by atoms with Gasteiger partial charge in [-0.1, -0.05) is 12.1 Å². The van der Waals surface area contributed by atoms with Crippen LogP contribution in [0.15, 0.2) is 36.7 Å². The van der Waals surface area contributed by atoms with Crippen LogP contribution in [0.1, 0.15) is 5.56 Å². The number of benzene rings is 1. The summed E-state index contributed by atoms with van der Waals surface area (Å²) in [6.07, 6.45) is 3.28. The number of nitrogens with two attached hydrogens (primary N) is 1. The highest BCUT2D eigenvalue weighted by atomic mass is 19.1. The maximum Gasteiger partial charge on any atom is 0.172 e. The van der Waals surface area contributed by atoms with E-state index in [-0.39, 0.29) is 11.6 Å². The molecule has 0 atom stereocenters. The fraction of sp³-hybridized carbons (Fsp3) is 0.154. The van der Waals surface area contributed by atoms with Gasteiger partial charge in [0.05, 0.1) is 7.11 Å². The van der Waals surface area contributed by atoms with Crippen LogP contribution in [0, 0.1) is 5.82 Å². The highest BCUT2D eigenvalue weighted by molar-refractivity contribution is 5.65. The van der Waals surface area contributed by atoms with E-state index >= 15 is 0 Å². The molecule has 1 aromatic heterocycles. The Morgan fingerprint density at radius 2 is 2.18 bits per heavy atom. The third-order valence-electron chi connectivity index (χ3n) is 2.52. The predicted octanol–water partition coefficient (Wildman–Crippen LogP) is 2.35. The molecular weight excluding hydrogens is 219 g/mol. The van der Waals surface area contributed by atoms with E-state index in [4.69, 9.17) is 10.5 Å². The Balaban J connectivity index is 2.52. The molecule has 1 aromatic carbocycles. The normalized spacial score (nSPS) is 10.3. The molecule has 0 bridgehead atoms. The number of ether oxygens (including phenoxy) is 1. The van der Waals surface area contributed by atoms with E-state index in [1.54, 1.807) is 30.6 Å². The van der Waals surface area contributed by atoms with Gasteiger partial charge in [0.1, 0.15) is 0 Å². The van der Waals surface area contributed by atoms with Gasteiger partial charge in [-0.25, -0.2) is 4.39 Å². The Morgan fingerprint density at radius 1 is 1.35 bits per heavy atom. The molecule has 0 spiro atoms. The second-order valence-corrected chi connectivity index (χ2v) is 3.61. The van der Waals surface area contributed by atoms with Crippen LogP contribution < -0.4 is 10.5 Å².